The summed E-state index contributed by atoms with van der Waals surface area (Å²) in [5, 5.41) is 12.8. The monoisotopic (exact) mass is 327 g/mol. The molecule has 3 rings (SSSR count). The van der Waals surface area contributed by atoms with Crippen molar-refractivity contribution < 1.29 is 5.11 Å². The van der Waals surface area contributed by atoms with E-state index in [0.717, 1.165) is 31.9 Å². The number of aromatic nitrogens is 2. The van der Waals surface area contributed by atoms with Crippen molar-refractivity contribution in [1.82, 2.24) is 14.9 Å². The maximum absolute atomic E-state index is 9.58. The number of aliphatic hydroxyl groups excluding tert-OH is 1. The van der Waals surface area contributed by atoms with Crippen LogP contribution < -0.4 is 10.2 Å². The number of anilines is 3. The van der Waals surface area contributed by atoms with E-state index in [4.69, 9.17) is 0 Å². The quantitative estimate of drug-likeness (QED) is 0.877. The SMILES string of the molecule is CC(O)CN1CCN(c2ccc(Nc3ncccn3)cc2)CC1C. The van der Waals surface area contributed by atoms with Crippen LogP contribution >= 0.6 is 0 Å². The summed E-state index contributed by atoms with van der Waals surface area (Å²) in [6, 6.07) is 10.6. The molecule has 2 unspecified atom stereocenters. The third-order valence-electron chi connectivity index (χ3n) is 4.32. The van der Waals surface area contributed by atoms with Crippen molar-refractivity contribution in [2.45, 2.75) is 26.0 Å². The summed E-state index contributed by atoms with van der Waals surface area (Å²) in [6.07, 6.45) is 3.17. The van der Waals surface area contributed by atoms with E-state index < -0.39 is 0 Å². The van der Waals surface area contributed by atoms with Gasteiger partial charge in [0.1, 0.15) is 0 Å². The van der Waals surface area contributed by atoms with E-state index >= 15 is 0 Å². The fraction of sp³-hybridized carbons (Fsp3) is 0.444. The summed E-state index contributed by atoms with van der Waals surface area (Å²) in [5.41, 5.74) is 2.20. The third-order valence-corrected chi connectivity index (χ3v) is 4.32. The smallest absolute Gasteiger partial charge is 0.227 e. The molecule has 1 saturated heterocycles. The lowest BCUT2D eigenvalue weighted by Crippen LogP contribution is -2.53. The Morgan fingerprint density at radius 1 is 1.21 bits per heavy atom. The van der Waals surface area contributed by atoms with Gasteiger partial charge in [0.2, 0.25) is 5.95 Å². The molecule has 0 saturated carbocycles. The summed E-state index contributed by atoms with van der Waals surface area (Å²) >= 11 is 0. The molecular weight excluding hydrogens is 302 g/mol. The average molecular weight is 327 g/mol. The van der Waals surface area contributed by atoms with Crippen LogP contribution in [0.5, 0.6) is 0 Å². The van der Waals surface area contributed by atoms with Gasteiger partial charge < -0.3 is 15.3 Å². The van der Waals surface area contributed by atoms with Gasteiger partial charge in [0.15, 0.2) is 0 Å². The van der Waals surface area contributed by atoms with Crippen molar-refractivity contribution in [3.8, 4) is 0 Å². The lowest BCUT2D eigenvalue weighted by atomic mass is 10.1. The van der Waals surface area contributed by atoms with Crippen molar-refractivity contribution in [2.75, 3.05) is 36.4 Å². The van der Waals surface area contributed by atoms with E-state index in [2.05, 4.69) is 56.3 Å². The van der Waals surface area contributed by atoms with Crippen molar-refractivity contribution in [1.29, 1.82) is 0 Å². The van der Waals surface area contributed by atoms with Crippen molar-refractivity contribution >= 4 is 17.3 Å². The molecule has 2 atom stereocenters. The third kappa shape index (κ3) is 4.21. The van der Waals surface area contributed by atoms with Crippen LogP contribution in [0.15, 0.2) is 42.7 Å². The van der Waals surface area contributed by atoms with Crippen molar-refractivity contribution in [2.24, 2.45) is 0 Å². The van der Waals surface area contributed by atoms with E-state index in [9.17, 15) is 5.11 Å². The summed E-state index contributed by atoms with van der Waals surface area (Å²) in [4.78, 5) is 13.1. The van der Waals surface area contributed by atoms with Crippen LogP contribution in [-0.4, -0.2) is 58.3 Å². The molecule has 1 fully saturated rings. The number of hydrogen-bond acceptors (Lipinski definition) is 6. The number of piperazine rings is 1. The van der Waals surface area contributed by atoms with E-state index in [1.807, 2.05) is 6.92 Å². The molecule has 24 heavy (non-hydrogen) atoms. The summed E-state index contributed by atoms with van der Waals surface area (Å²) < 4.78 is 0. The normalized spacial score (nSPS) is 20.0. The Kier molecular flexibility index (Phi) is 5.27. The van der Waals surface area contributed by atoms with Gasteiger partial charge in [0, 0.05) is 56.0 Å². The van der Waals surface area contributed by atoms with Gasteiger partial charge in [-0.3, -0.25) is 4.90 Å². The average Bonchev–Trinajstić information content (AvgIpc) is 2.58. The van der Waals surface area contributed by atoms with Gasteiger partial charge in [0.05, 0.1) is 6.10 Å². The predicted octanol–water partition coefficient (Wildman–Crippen LogP) is 2.11. The second kappa shape index (κ2) is 7.59. The second-order valence-electron chi connectivity index (χ2n) is 6.38. The van der Waals surface area contributed by atoms with Crippen molar-refractivity contribution in [3.05, 3.63) is 42.7 Å². The molecule has 0 radical (unpaired) electrons. The molecular formula is C18H25N5O. The predicted molar refractivity (Wildman–Crippen MR) is 96.7 cm³/mol. The van der Waals surface area contributed by atoms with Crippen LogP contribution in [0.25, 0.3) is 0 Å². The molecule has 2 heterocycles. The molecule has 6 heteroatoms. The molecule has 2 N–H and O–H groups in total. The highest BCUT2D eigenvalue weighted by molar-refractivity contribution is 5.59. The van der Waals surface area contributed by atoms with Gasteiger partial charge in [-0.15, -0.1) is 0 Å². The topological polar surface area (TPSA) is 64.5 Å². The first kappa shape index (κ1) is 16.7. The first-order chi connectivity index (χ1) is 11.6. The Hall–Kier alpha value is -2.18. The number of benzene rings is 1. The van der Waals surface area contributed by atoms with Crippen LogP contribution in [-0.2, 0) is 0 Å². The fourth-order valence-electron chi connectivity index (χ4n) is 3.09. The van der Waals surface area contributed by atoms with Gasteiger partial charge in [-0.2, -0.15) is 0 Å². The molecule has 1 aromatic heterocycles. The van der Waals surface area contributed by atoms with Crippen LogP contribution in [0, 0.1) is 0 Å². The maximum atomic E-state index is 9.58. The molecule has 1 aromatic carbocycles. The zero-order valence-electron chi connectivity index (χ0n) is 14.3. The molecule has 1 aliphatic rings. The minimum absolute atomic E-state index is 0.274. The van der Waals surface area contributed by atoms with Gasteiger partial charge in [-0.1, -0.05) is 0 Å². The van der Waals surface area contributed by atoms with Crippen LogP contribution in [0.1, 0.15) is 13.8 Å². The summed E-state index contributed by atoms with van der Waals surface area (Å²) in [6.45, 7) is 7.74. The molecule has 128 valence electrons. The largest absolute Gasteiger partial charge is 0.392 e. The van der Waals surface area contributed by atoms with Gasteiger partial charge in [0.25, 0.3) is 0 Å². The Bertz CT molecular complexity index is 632. The highest BCUT2D eigenvalue weighted by atomic mass is 16.3. The van der Waals surface area contributed by atoms with E-state index in [1.54, 1.807) is 18.5 Å². The highest BCUT2D eigenvalue weighted by Crippen LogP contribution is 2.22. The minimum atomic E-state index is -0.274. The highest BCUT2D eigenvalue weighted by Gasteiger charge is 2.24. The van der Waals surface area contributed by atoms with Gasteiger partial charge >= 0.3 is 0 Å². The first-order valence-corrected chi connectivity index (χ1v) is 8.43. The lowest BCUT2D eigenvalue weighted by Gasteiger charge is -2.41. The molecule has 0 bridgehead atoms. The van der Waals surface area contributed by atoms with Crippen LogP contribution in [0.3, 0.4) is 0 Å². The molecule has 0 aliphatic carbocycles. The van der Waals surface area contributed by atoms with Crippen molar-refractivity contribution in [3.63, 3.8) is 0 Å². The number of nitrogens with zero attached hydrogens (tertiary/aromatic N) is 4. The second-order valence-corrected chi connectivity index (χ2v) is 6.38. The molecule has 0 spiro atoms. The molecule has 0 amide bonds. The van der Waals surface area contributed by atoms with E-state index in [1.165, 1.54) is 5.69 Å². The number of nitrogens with one attached hydrogen (secondary N) is 1. The standard InChI is InChI=1S/C18H25N5O/c1-14-12-23(11-10-22(14)13-15(2)24)17-6-4-16(5-7-17)21-18-19-8-3-9-20-18/h3-9,14-15,24H,10-13H2,1-2H3,(H,19,20,21). The number of aliphatic hydroxyl groups is 1. The van der Waals surface area contributed by atoms with Crippen LogP contribution in [0.2, 0.25) is 0 Å². The van der Waals surface area contributed by atoms with Gasteiger partial charge in [-0.05, 0) is 44.2 Å². The number of hydrogen-bond donors (Lipinski definition) is 2. The molecule has 2 aromatic rings. The zero-order chi connectivity index (χ0) is 16.9. The fourth-order valence-corrected chi connectivity index (χ4v) is 3.09. The van der Waals surface area contributed by atoms with E-state index in [0.29, 0.717) is 12.0 Å². The first-order valence-electron chi connectivity index (χ1n) is 8.43. The zero-order valence-corrected chi connectivity index (χ0v) is 14.3. The Labute approximate surface area is 143 Å². The molecule has 6 nitrogen and oxygen atoms in total. The van der Waals surface area contributed by atoms with Crippen LogP contribution in [0.4, 0.5) is 17.3 Å². The van der Waals surface area contributed by atoms with E-state index in [-0.39, 0.29) is 6.10 Å². The maximum Gasteiger partial charge on any atom is 0.227 e. The van der Waals surface area contributed by atoms with Gasteiger partial charge in [-0.25, -0.2) is 9.97 Å². The summed E-state index contributed by atoms with van der Waals surface area (Å²) in [5.74, 6) is 0.602. The lowest BCUT2D eigenvalue weighted by molar-refractivity contribution is 0.0960. The molecule has 1 aliphatic heterocycles. The Morgan fingerprint density at radius 2 is 1.92 bits per heavy atom. The summed E-state index contributed by atoms with van der Waals surface area (Å²) in [7, 11) is 0. The minimum Gasteiger partial charge on any atom is -0.392 e. The number of rotatable bonds is 5. The Balaban J connectivity index is 1.60. The number of β-amino-alcohol motifs (C(OH)–C–C–N with tert-alkyl or cyclic N) is 1. The Morgan fingerprint density at radius 3 is 2.54 bits per heavy atom.